The van der Waals surface area contributed by atoms with E-state index in [-0.39, 0.29) is 18.6 Å². The molecule has 1 fully saturated rings. The van der Waals surface area contributed by atoms with Crippen molar-refractivity contribution < 1.29 is 19.1 Å². The predicted octanol–water partition coefficient (Wildman–Crippen LogP) is 4.77. The molecule has 5 nitrogen and oxygen atoms in total. The van der Waals surface area contributed by atoms with E-state index in [4.69, 9.17) is 9.47 Å². The number of ether oxygens (including phenoxy) is 2. The second-order valence-corrected chi connectivity index (χ2v) is 8.12. The van der Waals surface area contributed by atoms with Gasteiger partial charge in [-0.05, 0) is 47.5 Å². The van der Waals surface area contributed by atoms with Gasteiger partial charge in [0.15, 0.2) is 6.61 Å². The summed E-state index contributed by atoms with van der Waals surface area (Å²) in [4.78, 5) is 27.8. The molecule has 2 aromatic carbocycles. The van der Waals surface area contributed by atoms with Crippen molar-refractivity contribution in [3.05, 3.63) is 76.5 Å². The van der Waals surface area contributed by atoms with E-state index >= 15 is 0 Å². The second-order valence-electron chi connectivity index (χ2n) is 7.21. The summed E-state index contributed by atoms with van der Waals surface area (Å²) < 4.78 is 10.6. The standard InChI is InChI=1S/C24H23NO4S/c1-28-20-11-7-17(8-12-20)15-25(19-9-10-19)22(26)16-29-24(27)23-21(13-14-30-23)18-5-3-2-4-6-18/h2-8,11-14,19H,9-10,15-16H2,1H3. The van der Waals surface area contributed by atoms with Crippen LogP contribution in [0.1, 0.15) is 28.1 Å². The Morgan fingerprint density at radius 2 is 1.77 bits per heavy atom. The van der Waals surface area contributed by atoms with Crippen molar-refractivity contribution in [3.63, 3.8) is 0 Å². The quantitative estimate of drug-likeness (QED) is 0.492. The first kappa shape index (κ1) is 20.2. The van der Waals surface area contributed by atoms with Gasteiger partial charge in [0.25, 0.3) is 5.91 Å². The number of carbonyl (C=O) groups is 2. The molecule has 0 saturated heterocycles. The van der Waals surface area contributed by atoms with E-state index in [2.05, 4.69) is 0 Å². The number of benzene rings is 2. The number of thiophene rings is 1. The molecule has 0 unspecified atom stereocenters. The summed E-state index contributed by atoms with van der Waals surface area (Å²) >= 11 is 1.33. The predicted molar refractivity (Wildman–Crippen MR) is 117 cm³/mol. The average Bonchev–Trinajstić information content (AvgIpc) is 3.51. The maximum atomic E-state index is 12.8. The number of methoxy groups -OCH3 is 1. The number of esters is 1. The van der Waals surface area contributed by atoms with Crippen LogP contribution < -0.4 is 4.74 Å². The molecule has 4 rings (SSSR count). The summed E-state index contributed by atoms with van der Waals surface area (Å²) in [5.74, 6) is 0.152. The van der Waals surface area contributed by atoms with Gasteiger partial charge in [-0.1, -0.05) is 42.5 Å². The van der Waals surface area contributed by atoms with Gasteiger partial charge >= 0.3 is 5.97 Å². The Morgan fingerprint density at radius 3 is 2.43 bits per heavy atom. The van der Waals surface area contributed by atoms with E-state index in [9.17, 15) is 9.59 Å². The number of carbonyl (C=O) groups excluding carboxylic acids is 2. The fourth-order valence-electron chi connectivity index (χ4n) is 3.32. The Morgan fingerprint density at radius 1 is 1.03 bits per heavy atom. The molecule has 3 aromatic rings. The van der Waals surface area contributed by atoms with Crippen molar-refractivity contribution in [2.75, 3.05) is 13.7 Å². The first-order valence-corrected chi connectivity index (χ1v) is 10.8. The third kappa shape index (κ3) is 4.71. The molecule has 0 spiro atoms. The van der Waals surface area contributed by atoms with Crippen LogP contribution in [0.2, 0.25) is 0 Å². The average molecular weight is 422 g/mol. The van der Waals surface area contributed by atoms with Crippen molar-refractivity contribution in [2.45, 2.75) is 25.4 Å². The van der Waals surface area contributed by atoms with E-state index in [1.54, 1.807) is 7.11 Å². The molecular formula is C24H23NO4S. The molecular weight excluding hydrogens is 398 g/mol. The number of rotatable bonds is 8. The maximum absolute atomic E-state index is 12.8. The van der Waals surface area contributed by atoms with Crippen molar-refractivity contribution >= 4 is 23.2 Å². The lowest BCUT2D eigenvalue weighted by atomic mass is 10.1. The first-order valence-electron chi connectivity index (χ1n) is 9.88. The highest BCUT2D eigenvalue weighted by molar-refractivity contribution is 7.12. The lowest BCUT2D eigenvalue weighted by Gasteiger charge is -2.22. The van der Waals surface area contributed by atoms with E-state index in [0.29, 0.717) is 11.4 Å². The van der Waals surface area contributed by atoms with Gasteiger partial charge in [0.1, 0.15) is 10.6 Å². The van der Waals surface area contributed by atoms with E-state index in [1.165, 1.54) is 11.3 Å². The lowest BCUT2D eigenvalue weighted by Crippen LogP contribution is -2.36. The third-order valence-electron chi connectivity index (χ3n) is 5.08. The lowest BCUT2D eigenvalue weighted by molar-refractivity contribution is -0.135. The van der Waals surface area contributed by atoms with Crippen molar-refractivity contribution in [2.24, 2.45) is 0 Å². The highest BCUT2D eigenvalue weighted by Crippen LogP contribution is 2.30. The zero-order valence-electron chi connectivity index (χ0n) is 16.7. The molecule has 30 heavy (non-hydrogen) atoms. The molecule has 1 heterocycles. The van der Waals surface area contributed by atoms with E-state index in [0.717, 1.165) is 35.3 Å². The Bertz CT molecular complexity index is 1010. The van der Waals surface area contributed by atoms with Gasteiger partial charge in [-0.2, -0.15) is 0 Å². The molecule has 154 valence electrons. The van der Waals surface area contributed by atoms with Gasteiger partial charge in [-0.25, -0.2) is 4.79 Å². The number of nitrogens with zero attached hydrogens (tertiary/aromatic N) is 1. The van der Waals surface area contributed by atoms with Gasteiger partial charge in [-0.3, -0.25) is 4.79 Å². The van der Waals surface area contributed by atoms with Crippen LogP contribution in [0.25, 0.3) is 11.1 Å². The van der Waals surface area contributed by atoms with Crippen LogP contribution in [0.4, 0.5) is 0 Å². The van der Waals surface area contributed by atoms with Crippen LogP contribution in [0.3, 0.4) is 0 Å². The zero-order valence-corrected chi connectivity index (χ0v) is 17.6. The third-order valence-corrected chi connectivity index (χ3v) is 5.98. The first-order chi connectivity index (χ1) is 14.7. The summed E-state index contributed by atoms with van der Waals surface area (Å²) in [6.07, 6.45) is 1.97. The van der Waals surface area contributed by atoms with Crippen LogP contribution in [0.5, 0.6) is 5.75 Å². The molecule has 0 bridgehead atoms. The van der Waals surface area contributed by atoms with E-state index in [1.807, 2.05) is 70.9 Å². The molecule has 0 aliphatic heterocycles. The van der Waals surface area contributed by atoms with Crippen LogP contribution in [0.15, 0.2) is 66.0 Å². The molecule has 1 saturated carbocycles. The van der Waals surface area contributed by atoms with Crippen LogP contribution in [0, 0.1) is 0 Å². The van der Waals surface area contributed by atoms with Crippen molar-refractivity contribution in [1.29, 1.82) is 0 Å². The summed E-state index contributed by atoms with van der Waals surface area (Å²) in [6, 6.07) is 19.5. The second kappa shape index (κ2) is 9.13. The Kier molecular flexibility index (Phi) is 6.14. The SMILES string of the molecule is COc1ccc(CN(C(=O)COC(=O)c2sccc2-c2ccccc2)C2CC2)cc1. The van der Waals surface area contributed by atoms with Gasteiger partial charge in [0.05, 0.1) is 7.11 Å². The zero-order chi connectivity index (χ0) is 20.9. The van der Waals surface area contributed by atoms with Gasteiger partial charge in [0.2, 0.25) is 0 Å². The summed E-state index contributed by atoms with van der Waals surface area (Å²) in [7, 11) is 1.63. The number of hydrogen-bond acceptors (Lipinski definition) is 5. The molecule has 1 aliphatic carbocycles. The molecule has 1 aromatic heterocycles. The molecule has 0 N–H and O–H groups in total. The Hall–Kier alpha value is -3.12. The molecule has 1 aliphatic rings. The molecule has 0 radical (unpaired) electrons. The summed E-state index contributed by atoms with van der Waals surface area (Å²) in [5, 5.41) is 1.86. The van der Waals surface area contributed by atoms with Crippen molar-refractivity contribution in [1.82, 2.24) is 4.90 Å². The van der Waals surface area contributed by atoms with Crippen LogP contribution in [-0.4, -0.2) is 36.5 Å². The van der Waals surface area contributed by atoms with Crippen LogP contribution in [-0.2, 0) is 16.1 Å². The highest BCUT2D eigenvalue weighted by atomic mass is 32.1. The van der Waals surface area contributed by atoms with Gasteiger partial charge in [-0.15, -0.1) is 11.3 Å². The fourth-order valence-corrected chi connectivity index (χ4v) is 4.13. The number of hydrogen-bond donors (Lipinski definition) is 0. The minimum atomic E-state index is -0.461. The Labute approximate surface area is 179 Å². The fraction of sp³-hybridized carbons (Fsp3) is 0.250. The molecule has 1 amide bonds. The normalized spacial score (nSPS) is 13.0. The summed E-state index contributed by atoms with van der Waals surface area (Å²) in [5.41, 5.74) is 2.80. The van der Waals surface area contributed by atoms with E-state index < -0.39 is 5.97 Å². The van der Waals surface area contributed by atoms with Crippen molar-refractivity contribution in [3.8, 4) is 16.9 Å². The largest absolute Gasteiger partial charge is 0.497 e. The topological polar surface area (TPSA) is 55.8 Å². The molecule has 6 heteroatoms. The maximum Gasteiger partial charge on any atom is 0.349 e. The molecule has 0 atom stereocenters. The number of amides is 1. The van der Waals surface area contributed by atoms with Gasteiger partial charge in [0, 0.05) is 18.2 Å². The monoisotopic (exact) mass is 421 g/mol. The Balaban J connectivity index is 1.39. The van der Waals surface area contributed by atoms with Crippen LogP contribution >= 0.6 is 11.3 Å². The minimum absolute atomic E-state index is 0.167. The van der Waals surface area contributed by atoms with Gasteiger partial charge < -0.3 is 14.4 Å². The summed E-state index contributed by atoms with van der Waals surface area (Å²) in [6.45, 7) is 0.247. The minimum Gasteiger partial charge on any atom is -0.497 e. The highest BCUT2D eigenvalue weighted by Gasteiger charge is 2.33. The smallest absolute Gasteiger partial charge is 0.349 e.